The Hall–Kier alpha value is -0.590. The molecule has 0 heterocycles. The molecule has 0 spiro atoms. The highest BCUT2D eigenvalue weighted by Gasteiger charge is 1.82. The van der Waals surface area contributed by atoms with E-state index in [2.05, 4.69) is 32.7 Å². The average Bonchev–Trinajstić information content (AvgIpc) is 1.87. The zero-order valence-corrected chi connectivity index (χ0v) is 7.39. The Morgan fingerprint density at radius 3 is 2.50 bits per heavy atom. The van der Waals surface area contributed by atoms with Gasteiger partial charge in [0.1, 0.15) is 0 Å². The van der Waals surface area contributed by atoms with E-state index in [0.29, 0.717) is 5.92 Å². The van der Waals surface area contributed by atoms with Gasteiger partial charge in [0.25, 0.3) is 0 Å². The molecule has 1 nitrogen and oxygen atoms in total. The van der Waals surface area contributed by atoms with Crippen LogP contribution in [0.2, 0.25) is 0 Å². The second-order valence-electron chi connectivity index (χ2n) is 2.87. The summed E-state index contributed by atoms with van der Waals surface area (Å²) < 4.78 is 0. The second kappa shape index (κ2) is 5.21. The number of aliphatic imine (C=N–C) groups is 1. The third kappa shape index (κ3) is 5.54. The molecule has 0 unspecified atom stereocenters. The normalized spacial score (nSPS) is 13.5. The fourth-order valence-corrected chi connectivity index (χ4v) is 0.434. The van der Waals surface area contributed by atoms with Gasteiger partial charge in [-0.3, -0.25) is 4.99 Å². The van der Waals surface area contributed by atoms with E-state index >= 15 is 0 Å². The Kier molecular flexibility index (Phi) is 4.91. The molecule has 0 bridgehead atoms. The molecule has 0 saturated heterocycles. The van der Waals surface area contributed by atoms with E-state index in [9.17, 15) is 0 Å². The first-order valence-electron chi connectivity index (χ1n) is 3.85. The zero-order valence-electron chi connectivity index (χ0n) is 7.39. The van der Waals surface area contributed by atoms with Gasteiger partial charge in [0.2, 0.25) is 0 Å². The highest BCUT2D eigenvalue weighted by atomic mass is 14.7. The van der Waals surface area contributed by atoms with Crippen LogP contribution in [-0.2, 0) is 0 Å². The van der Waals surface area contributed by atoms with Gasteiger partial charge < -0.3 is 0 Å². The Morgan fingerprint density at radius 2 is 2.10 bits per heavy atom. The lowest BCUT2D eigenvalue weighted by molar-refractivity contribution is 0.906. The molecule has 0 amide bonds. The van der Waals surface area contributed by atoms with Gasteiger partial charge >= 0.3 is 0 Å². The van der Waals surface area contributed by atoms with Gasteiger partial charge in [-0.15, -0.1) is 0 Å². The summed E-state index contributed by atoms with van der Waals surface area (Å²) in [5.74, 6) is 0.556. The minimum atomic E-state index is 0.556. The number of nitrogens with zero attached hydrogens (tertiary/aromatic N) is 1. The van der Waals surface area contributed by atoms with Gasteiger partial charge in [0.15, 0.2) is 0 Å². The van der Waals surface area contributed by atoms with E-state index in [1.807, 2.05) is 12.4 Å². The molecule has 0 rings (SSSR count). The zero-order chi connectivity index (χ0) is 7.98. The molecule has 0 aromatic rings. The van der Waals surface area contributed by atoms with Crippen LogP contribution in [-0.4, -0.2) is 6.21 Å². The van der Waals surface area contributed by atoms with Crippen molar-refractivity contribution in [3.05, 3.63) is 11.8 Å². The molecule has 1 heteroatoms. The fourth-order valence-electron chi connectivity index (χ4n) is 0.434. The van der Waals surface area contributed by atoms with Gasteiger partial charge in [-0.25, -0.2) is 0 Å². The molecule has 0 radical (unpaired) electrons. The van der Waals surface area contributed by atoms with Gasteiger partial charge in [-0.1, -0.05) is 26.3 Å². The van der Waals surface area contributed by atoms with Gasteiger partial charge in [-0.05, 0) is 19.3 Å². The van der Waals surface area contributed by atoms with Crippen LogP contribution in [0.4, 0.5) is 0 Å². The van der Waals surface area contributed by atoms with E-state index in [0.717, 1.165) is 6.42 Å². The van der Waals surface area contributed by atoms with Crippen molar-refractivity contribution in [1.82, 2.24) is 0 Å². The SMILES string of the molecule is CCC(C)=CN=CC(C)C. The Balaban J connectivity index is 3.70. The topological polar surface area (TPSA) is 12.4 Å². The summed E-state index contributed by atoms with van der Waals surface area (Å²) >= 11 is 0. The van der Waals surface area contributed by atoms with Crippen LogP contribution in [0.1, 0.15) is 34.1 Å². The van der Waals surface area contributed by atoms with Crippen LogP contribution in [0.25, 0.3) is 0 Å². The highest BCUT2D eigenvalue weighted by molar-refractivity contribution is 5.60. The Bertz CT molecular complexity index is 132. The summed E-state index contributed by atoms with van der Waals surface area (Å²) in [7, 11) is 0. The van der Waals surface area contributed by atoms with Crippen molar-refractivity contribution >= 4 is 6.21 Å². The lowest BCUT2D eigenvalue weighted by Crippen LogP contribution is -1.85. The number of hydrogen-bond donors (Lipinski definition) is 0. The maximum Gasteiger partial charge on any atom is 0.0253 e. The second-order valence-corrected chi connectivity index (χ2v) is 2.87. The van der Waals surface area contributed by atoms with Crippen LogP contribution in [0.5, 0.6) is 0 Å². The summed E-state index contributed by atoms with van der Waals surface area (Å²) in [6.07, 6.45) is 4.98. The molecule has 0 aliphatic carbocycles. The van der Waals surface area contributed by atoms with E-state index in [1.54, 1.807) is 0 Å². The first-order valence-corrected chi connectivity index (χ1v) is 3.85. The Morgan fingerprint density at radius 1 is 1.50 bits per heavy atom. The molecule has 10 heavy (non-hydrogen) atoms. The smallest absolute Gasteiger partial charge is 0.0253 e. The van der Waals surface area contributed by atoms with Crippen molar-refractivity contribution in [2.24, 2.45) is 10.9 Å². The minimum absolute atomic E-state index is 0.556. The van der Waals surface area contributed by atoms with Crippen LogP contribution < -0.4 is 0 Å². The molecule has 0 aliphatic rings. The largest absolute Gasteiger partial charge is 0.269 e. The monoisotopic (exact) mass is 139 g/mol. The first kappa shape index (κ1) is 9.41. The number of allylic oxidation sites excluding steroid dienone is 1. The van der Waals surface area contributed by atoms with E-state index in [-0.39, 0.29) is 0 Å². The number of hydrogen-bond acceptors (Lipinski definition) is 1. The molecule has 0 saturated carbocycles. The van der Waals surface area contributed by atoms with Crippen molar-refractivity contribution in [1.29, 1.82) is 0 Å². The number of rotatable bonds is 3. The van der Waals surface area contributed by atoms with Crippen LogP contribution in [0.15, 0.2) is 16.8 Å². The quantitative estimate of drug-likeness (QED) is 0.533. The third-order valence-corrected chi connectivity index (χ3v) is 1.24. The predicted molar refractivity (Wildman–Crippen MR) is 47.4 cm³/mol. The van der Waals surface area contributed by atoms with Crippen molar-refractivity contribution in [3.63, 3.8) is 0 Å². The van der Waals surface area contributed by atoms with Crippen LogP contribution in [0.3, 0.4) is 0 Å². The summed E-state index contributed by atoms with van der Waals surface area (Å²) in [6, 6.07) is 0. The lowest BCUT2D eigenvalue weighted by Gasteiger charge is -1.91. The minimum Gasteiger partial charge on any atom is -0.269 e. The maximum atomic E-state index is 4.15. The third-order valence-electron chi connectivity index (χ3n) is 1.24. The van der Waals surface area contributed by atoms with Gasteiger partial charge in [-0.2, -0.15) is 0 Å². The van der Waals surface area contributed by atoms with Gasteiger partial charge in [0, 0.05) is 12.4 Å². The standard InChI is InChI=1S/C9H17N/c1-5-9(4)7-10-6-8(2)3/h6-8H,5H2,1-4H3. The summed E-state index contributed by atoms with van der Waals surface area (Å²) in [6.45, 7) is 8.48. The molecule has 0 fully saturated rings. The summed E-state index contributed by atoms with van der Waals surface area (Å²) in [4.78, 5) is 4.15. The molecule has 0 aliphatic heterocycles. The van der Waals surface area contributed by atoms with E-state index in [4.69, 9.17) is 0 Å². The van der Waals surface area contributed by atoms with Crippen LogP contribution >= 0.6 is 0 Å². The van der Waals surface area contributed by atoms with Crippen LogP contribution in [0, 0.1) is 5.92 Å². The molecule has 58 valence electrons. The predicted octanol–water partition coefficient (Wildman–Crippen LogP) is 3.03. The van der Waals surface area contributed by atoms with E-state index < -0.39 is 0 Å². The lowest BCUT2D eigenvalue weighted by atomic mass is 10.2. The van der Waals surface area contributed by atoms with E-state index in [1.165, 1.54) is 5.57 Å². The highest BCUT2D eigenvalue weighted by Crippen LogP contribution is 1.97. The molecule has 0 atom stereocenters. The molecular formula is C9H17N. The molecule has 0 N–H and O–H groups in total. The first-order chi connectivity index (χ1) is 4.66. The van der Waals surface area contributed by atoms with Crippen molar-refractivity contribution in [2.45, 2.75) is 34.1 Å². The maximum absolute atomic E-state index is 4.15. The van der Waals surface area contributed by atoms with Crippen molar-refractivity contribution < 1.29 is 0 Å². The fraction of sp³-hybridized carbons (Fsp3) is 0.667. The van der Waals surface area contributed by atoms with Crippen molar-refractivity contribution in [2.75, 3.05) is 0 Å². The average molecular weight is 139 g/mol. The molecular weight excluding hydrogens is 122 g/mol. The van der Waals surface area contributed by atoms with Gasteiger partial charge in [0.05, 0.1) is 0 Å². The Labute approximate surface area is 63.9 Å². The molecule has 0 aromatic heterocycles. The summed E-state index contributed by atoms with van der Waals surface area (Å²) in [5.41, 5.74) is 1.33. The van der Waals surface area contributed by atoms with Crippen molar-refractivity contribution in [3.8, 4) is 0 Å². The molecule has 0 aromatic carbocycles. The summed E-state index contributed by atoms with van der Waals surface area (Å²) in [5, 5.41) is 0.